The smallest absolute Gasteiger partial charge is 0.271 e. The molecule has 0 saturated carbocycles. The Kier molecular flexibility index (Phi) is 4.95. The van der Waals surface area contributed by atoms with Crippen LogP contribution in [0, 0.1) is 11.8 Å². The van der Waals surface area contributed by atoms with Crippen molar-refractivity contribution in [1.29, 1.82) is 0 Å². The van der Waals surface area contributed by atoms with Crippen molar-refractivity contribution in [1.82, 2.24) is 14.4 Å². The molecule has 4 heterocycles. The molecule has 5 heteroatoms. The van der Waals surface area contributed by atoms with Gasteiger partial charge in [-0.25, -0.2) is 0 Å². The van der Waals surface area contributed by atoms with E-state index in [1.807, 2.05) is 11.0 Å². The van der Waals surface area contributed by atoms with E-state index >= 15 is 0 Å². The number of fused-ring (bicyclic) bond motifs is 5. The van der Waals surface area contributed by atoms with Gasteiger partial charge in [0.05, 0.1) is 6.04 Å². The Hall–Kier alpha value is -2.56. The minimum atomic E-state index is -0.283. The normalized spacial score (nSPS) is 23.0. The summed E-state index contributed by atoms with van der Waals surface area (Å²) in [6, 6.07) is 8.13. The van der Waals surface area contributed by atoms with E-state index in [4.69, 9.17) is 0 Å². The molecule has 0 N–H and O–H groups in total. The van der Waals surface area contributed by atoms with Crippen molar-refractivity contribution < 1.29 is 9.59 Å². The highest BCUT2D eigenvalue weighted by Crippen LogP contribution is 2.46. The van der Waals surface area contributed by atoms with Gasteiger partial charge >= 0.3 is 0 Å². The van der Waals surface area contributed by atoms with E-state index in [1.165, 1.54) is 16.6 Å². The van der Waals surface area contributed by atoms with E-state index in [-0.39, 0.29) is 23.9 Å². The first kappa shape index (κ1) is 20.3. The van der Waals surface area contributed by atoms with Crippen LogP contribution in [0.5, 0.6) is 0 Å². The van der Waals surface area contributed by atoms with Crippen LogP contribution in [-0.2, 0) is 16.1 Å². The Morgan fingerprint density at radius 1 is 1.06 bits per heavy atom. The number of carbonyl (C=O) groups excluding carboxylic acids is 2. The summed E-state index contributed by atoms with van der Waals surface area (Å²) in [5.74, 6) is 1.15. The summed E-state index contributed by atoms with van der Waals surface area (Å²) in [5, 5.41) is 1.19. The highest BCUT2D eigenvalue weighted by Gasteiger charge is 2.50. The number of rotatable bonds is 5. The lowest BCUT2D eigenvalue weighted by Crippen LogP contribution is -2.57. The average Bonchev–Trinajstić information content (AvgIpc) is 3.33. The maximum absolute atomic E-state index is 13.7. The molecule has 1 aromatic carbocycles. The maximum atomic E-state index is 13.7. The summed E-state index contributed by atoms with van der Waals surface area (Å²) in [6.07, 6.45) is 5.64. The van der Waals surface area contributed by atoms with Gasteiger partial charge < -0.3 is 9.47 Å². The maximum Gasteiger partial charge on any atom is 0.271 e. The van der Waals surface area contributed by atoms with Crippen LogP contribution < -0.4 is 0 Å². The summed E-state index contributed by atoms with van der Waals surface area (Å²) in [5.41, 5.74) is 4.13. The first-order chi connectivity index (χ1) is 14.9. The van der Waals surface area contributed by atoms with Crippen LogP contribution in [-0.4, -0.2) is 38.8 Å². The lowest BCUT2D eigenvalue weighted by molar-refractivity contribution is -0.151. The lowest BCUT2D eigenvalue weighted by atomic mass is 9.89. The van der Waals surface area contributed by atoms with Crippen molar-refractivity contribution in [2.75, 3.05) is 6.54 Å². The summed E-state index contributed by atoms with van der Waals surface area (Å²) in [4.78, 5) is 30.8. The molecule has 0 radical (unpaired) electrons. The number of hydrogen-bond donors (Lipinski definition) is 0. The number of aromatic nitrogens is 1. The third-order valence-corrected chi connectivity index (χ3v) is 7.10. The average molecular weight is 420 g/mol. The zero-order valence-electron chi connectivity index (χ0n) is 19.1. The minimum absolute atomic E-state index is 0.0283. The number of aryl methyl sites for hydroxylation is 1. The van der Waals surface area contributed by atoms with Crippen molar-refractivity contribution in [3.63, 3.8) is 0 Å². The molecular formula is C26H33N3O2. The molecule has 3 aliphatic rings. The molecule has 2 saturated heterocycles. The minimum Gasteiger partial charge on any atom is -0.342 e. The molecule has 31 heavy (non-hydrogen) atoms. The van der Waals surface area contributed by atoms with Gasteiger partial charge in [-0.3, -0.25) is 14.5 Å². The number of benzene rings is 1. The van der Waals surface area contributed by atoms with Gasteiger partial charge in [0.1, 0.15) is 11.7 Å². The highest BCUT2D eigenvalue weighted by atomic mass is 16.2. The molecular weight excluding hydrogens is 386 g/mol. The van der Waals surface area contributed by atoms with Crippen LogP contribution in [0.4, 0.5) is 0 Å². The first-order valence-corrected chi connectivity index (χ1v) is 11.8. The van der Waals surface area contributed by atoms with Gasteiger partial charge in [-0.2, -0.15) is 0 Å². The molecule has 0 aliphatic carbocycles. The molecule has 2 fully saturated rings. The topological polar surface area (TPSA) is 45.6 Å². The highest BCUT2D eigenvalue weighted by molar-refractivity contribution is 6.10. The Morgan fingerprint density at radius 2 is 1.84 bits per heavy atom. The second-order valence-electron chi connectivity index (χ2n) is 10.2. The standard InChI is InChI=1S/C26H33N3O2/c1-16(2)11-13-27-20-9-6-5-8-18(20)19-15-23-25(30)28-12-7-10-21(28)26(31)29(23)22(24(19)27)14-17(3)4/h5-6,8-9,15-17,21-22H,7,10-14H2,1-4H3/t21-,22-/m0/s1. The van der Waals surface area contributed by atoms with E-state index in [9.17, 15) is 9.59 Å². The summed E-state index contributed by atoms with van der Waals surface area (Å²) in [7, 11) is 0. The zero-order valence-corrected chi connectivity index (χ0v) is 19.1. The van der Waals surface area contributed by atoms with Crippen molar-refractivity contribution in [3.8, 4) is 0 Å². The second kappa shape index (κ2) is 7.54. The van der Waals surface area contributed by atoms with Crippen molar-refractivity contribution in [2.45, 2.75) is 72.0 Å². The third kappa shape index (κ3) is 3.12. The molecule has 0 unspecified atom stereocenters. The quantitative estimate of drug-likeness (QED) is 0.687. The van der Waals surface area contributed by atoms with E-state index in [1.54, 1.807) is 4.90 Å². The van der Waals surface area contributed by atoms with Gasteiger partial charge in [0.2, 0.25) is 0 Å². The van der Waals surface area contributed by atoms with Crippen LogP contribution in [0.25, 0.3) is 17.0 Å². The number of carbonyl (C=O) groups is 2. The molecule has 0 spiro atoms. The fourth-order valence-electron chi connectivity index (χ4n) is 5.66. The molecule has 5 rings (SSSR count). The van der Waals surface area contributed by atoms with Crippen molar-refractivity contribution in [3.05, 3.63) is 41.2 Å². The van der Waals surface area contributed by atoms with Crippen molar-refractivity contribution in [2.24, 2.45) is 11.8 Å². The molecule has 3 aliphatic heterocycles. The molecule has 2 atom stereocenters. The molecule has 0 bridgehead atoms. The monoisotopic (exact) mass is 419 g/mol. The fourth-order valence-corrected chi connectivity index (χ4v) is 5.66. The Morgan fingerprint density at radius 3 is 2.58 bits per heavy atom. The largest absolute Gasteiger partial charge is 0.342 e. The molecule has 164 valence electrons. The molecule has 2 amide bonds. The van der Waals surface area contributed by atoms with E-state index in [0.717, 1.165) is 37.8 Å². The van der Waals surface area contributed by atoms with Crippen LogP contribution in [0.2, 0.25) is 0 Å². The number of amides is 2. The zero-order chi connectivity index (χ0) is 21.9. The number of para-hydroxylation sites is 1. The summed E-state index contributed by atoms with van der Waals surface area (Å²) >= 11 is 0. The van der Waals surface area contributed by atoms with Crippen LogP contribution in [0.15, 0.2) is 30.0 Å². The van der Waals surface area contributed by atoms with E-state index in [2.05, 4.69) is 56.5 Å². The number of piperazine rings is 1. The van der Waals surface area contributed by atoms with Gasteiger partial charge in [-0.05, 0) is 49.7 Å². The molecule has 2 aromatic rings. The molecule has 1 aromatic heterocycles. The lowest BCUT2D eigenvalue weighted by Gasteiger charge is -2.45. The number of nitrogens with zero attached hydrogens (tertiary/aromatic N) is 3. The Bertz CT molecular complexity index is 1080. The van der Waals surface area contributed by atoms with E-state index < -0.39 is 0 Å². The Labute approximate surface area is 184 Å². The van der Waals surface area contributed by atoms with E-state index in [0.29, 0.717) is 24.1 Å². The summed E-state index contributed by atoms with van der Waals surface area (Å²) in [6.45, 7) is 10.5. The number of hydrogen-bond acceptors (Lipinski definition) is 2. The summed E-state index contributed by atoms with van der Waals surface area (Å²) < 4.78 is 2.43. The predicted octanol–water partition coefficient (Wildman–Crippen LogP) is 4.96. The third-order valence-electron chi connectivity index (χ3n) is 7.10. The van der Waals surface area contributed by atoms with Gasteiger partial charge in [0.15, 0.2) is 0 Å². The van der Waals surface area contributed by atoms with Crippen LogP contribution in [0.3, 0.4) is 0 Å². The van der Waals surface area contributed by atoms with Crippen LogP contribution in [0.1, 0.15) is 70.7 Å². The van der Waals surface area contributed by atoms with Gasteiger partial charge in [0.25, 0.3) is 11.8 Å². The predicted molar refractivity (Wildman–Crippen MR) is 123 cm³/mol. The SMILES string of the molecule is CC(C)CCn1c2c(c3ccccc31)C=C1C(=O)N3CCC[C@H]3C(=O)N1[C@H]2CC(C)C. The molecule has 5 nitrogen and oxygen atoms in total. The van der Waals surface area contributed by atoms with Gasteiger partial charge in [0, 0.05) is 35.2 Å². The van der Waals surface area contributed by atoms with Crippen LogP contribution >= 0.6 is 0 Å². The van der Waals surface area contributed by atoms with Gasteiger partial charge in [-0.1, -0.05) is 45.9 Å². The Balaban J connectivity index is 1.74. The fraction of sp³-hybridized carbons (Fsp3) is 0.538. The first-order valence-electron chi connectivity index (χ1n) is 11.8. The second-order valence-corrected chi connectivity index (χ2v) is 10.2. The van der Waals surface area contributed by atoms with Crippen molar-refractivity contribution >= 4 is 28.8 Å². The van der Waals surface area contributed by atoms with Gasteiger partial charge in [-0.15, -0.1) is 0 Å².